The number of carbonyl (C=O) groups excluding carboxylic acids is 1. The Morgan fingerprint density at radius 1 is 1.20 bits per heavy atom. The van der Waals surface area contributed by atoms with E-state index in [1.807, 2.05) is 5.43 Å². The van der Waals surface area contributed by atoms with Crippen LogP contribution < -0.4 is 11.3 Å². The summed E-state index contributed by atoms with van der Waals surface area (Å²) >= 11 is 1.75. The molecular weight excluding hydrogens is 272 g/mol. The summed E-state index contributed by atoms with van der Waals surface area (Å²) in [6.45, 7) is 4.21. The van der Waals surface area contributed by atoms with Crippen molar-refractivity contribution >= 4 is 17.7 Å². The van der Waals surface area contributed by atoms with Crippen molar-refractivity contribution in [2.24, 2.45) is 5.84 Å². The van der Waals surface area contributed by atoms with Gasteiger partial charge < -0.3 is 4.42 Å². The highest BCUT2D eigenvalue weighted by atomic mass is 32.2. The molecule has 0 bridgehead atoms. The van der Waals surface area contributed by atoms with Crippen LogP contribution in [0.3, 0.4) is 0 Å². The number of carbonyl (C=O) groups is 1. The summed E-state index contributed by atoms with van der Waals surface area (Å²) in [5, 5.41) is 0. The number of hydrogen-bond donors (Lipinski definition) is 2. The Labute approximate surface area is 122 Å². The summed E-state index contributed by atoms with van der Waals surface area (Å²) in [7, 11) is 0. The lowest BCUT2D eigenvalue weighted by Crippen LogP contribution is -2.29. The summed E-state index contributed by atoms with van der Waals surface area (Å²) in [6, 6.07) is 9.98. The van der Waals surface area contributed by atoms with Crippen LogP contribution in [0.5, 0.6) is 0 Å². The molecule has 0 fully saturated rings. The van der Waals surface area contributed by atoms with Crippen molar-refractivity contribution in [2.45, 2.75) is 25.4 Å². The van der Waals surface area contributed by atoms with Gasteiger partial charge in [-0.05, 0) is 31.5 Å². The largest absolute Gasteiger partial charge is 0.455 e. The van der Waals surface area contributed by atoms with Gasteiger partial charge in [-0.3, -0.25) is 10.2 Å². The number of rotatable bonds is 5. The van der Waals surface area contributed by atoms with E-state index in [4.69, 9.17) is 10.3 Å². The minimum atomic E-state index is -0.407. The monoisotopic (exact) mass is 290 g/mol. The van der Waals surface area contributed by atoms with Gasteiger partial charge in [-0.25, -0.2) is 5.84 Å². The van der Waals surface area contributed by atoms with Gasteiger partial charge in [0.2, 0.25) is 0 Å². The third kappa shape index (κ3) is 3.88. The Morgan fingerprint density at radius 3 is 2.55 bits per heavy atom. The Kier molecular flexibility index (Phi) is 4.87. The maximum absolute atomic E-state index is 11.3. The molecule has 5 heteroatoms. The predicted octanol–water partition coefficient (Wildman–Crippen LogP) is 2.93. The lowest BCUT2D eigenvalue weighted by Gasteiger charge is -2.04. The first-order valence-corrected chi connectivity index (χ1v) is 7.48. The van der Waals surface area contributed by atoms with Gasteiger partial charge >= 0.3 is 5.91 Å². The molecule has 0 aliphatic rings. The number of furan rings is 1. The number of hydrogen-bond acceptors (Lipinski definition) is 4. The number of benzene rings is 1. The molecule has 0 atom stereocenters. The van der Waals surface area contributed by atoms with Crippen LogP contribution in [0, 0.1) is 13.8 Å². The van der Waals surface area contributed by atoms with Gasteiger partial charge in [0.25, 0.3) is 0 Å². The molecule has 0 saturated heterocycles. The van der Waals surface area contributed by atoms with Crippen molar-refractivity contribution in [3.8, 4) is 0 Å². The molecule has 20 heavy (non-hydrogen) atoms. The van der Waals surface area contributed by atoms with Crippen LogP contribution in [0.4, 0.5) is 0 Å². The molecule has 106 valence electrons. The average Bonchev–Trinajstić information content (AvgIpc) is 2.85. The Bertz CT molecular complexity index is 587. The van der Waals surface area contributed by atoms with E-state index in [0.29, 0.717) is 0 Å². The molecule has 1 aromatic carbocycles. The van der Waals surface area contributed by atoms with Gasteiger partial charge in [0.15, 0.2) is 5.76 Å². The van der Waals surface area contributed by atoms with Crippen LogP contribution in [0.15, 0.2) is 34.7 Å². The Balaban J connectivity index is 1.89. The molecule has 0 unspecified atom stereocenters. The molecule has 3 N–H and O–H groups in total. The van der Waals surface area contributed by atoms with Crippen LogP contribution in [-0.2, 0) is 11.5 Å². The Morgan fingerprint density at radius 2 is 1.90 bits per heavy atom. The Hall–Kier alpha value is -1.72. The van der Waals surface area contributed by atoms with Crippen molar-refractivity contribution in [2.75, 3.05) is 0 Å². The fourth-order valence-electron chi connectivity index (χ4n) is 2.07. The highest BCUT2D eigenvalue weighted by molar-refractivity contribution is 7.97. The number of nitrogen functional groups attached to an aromatic ring is 1. The molecule has 2 aromatic rings. The highest BCUT2D eigenvalue weighted by Gasteiger charge is 2.09. The maximum atomic E-state index is 11.3. The third-order valence-corrected chi connectivity index (χ3v) is 3.84. The molecule has 1 amide bonds. The van der Waals surface area contributed by atoms with Crippen LogP contribution in [0.2, 0.25) is 0 Å². The smallest absolute Gasteiger partial charge is 0.300 e. The SMILES string of the molecule is Cc1cc(C)cc(CSCc2ccc(C(=O)NN)o2)c1. The van der Waals surface area contributed by atoms with E-state index in [9.17, 15) is 4.79 Å². The number of aryl methyl sites for hydroxylation is 2. The second-order valence-corrected chi connectivity index (χ2v) is 5.71. The minimum Gasteiger partial charge on any atom is -0.455 e. The highest BCUT2D eigenvalue weighted by Crippen LogP contribution is 2.21. The zero-order valence-corrected chi connectivity index (χ0v) is 12.4. The van der Waals surface area contributed by atoms with E-state index >= 15 is 0 Å². The van der Waals surface area contributed by atoms with E-state index in [-0.39, 0.29) is 5.76 Å². The van der Waals surface area contributed by atoms with Crippen LogP contribution >= 0.6 is 11.8 Å². The first kappa shape index (κ1) is 14.7. The summed E-state index contributed by atoms with van der Waals surface area (Å²) in [4.78, 5) is 11.3. The van der Waals surface area contributed by atoms with Crippen LogP contribution in [0.1, 0.15) is 33.0 Å². The first-order chi connectivity index (χ1) is 9.58. The zero-order chi connectivity index (χ0) is 14.5. The first-order valence-electron chi connectivity index (χ1n) is 6.33. The molecule has 1 aromatic heterocycles. The summed E-state index contributed by atoms with van der Waals surface area (Å²) in [6.07, 6.45) is 0. The number of nitrogens with one attached hydrogen (secondary N) is 1. The molecule has 2 rings (SSSR count). The minimum absolute atomic E-state index is 0.245. The molecule has 0 aliphatic heterocycles. The van der Waals surface area contributed by atoms with E-state index in [2.05, 4.69) is 32.0 Å². The fraction of sp³-hybridized carbons (Fsp3) is 0.267. The topological polar surface area (TPSA) is 68.3 Å². The van der Waals surface area contributed by atoms with Gasteiger partial charge in [0, 0.05) is 5.75 Å². The maximum Gasteiger partial charge on any atom is 0.300 e. The summed E-state index contributed by atoms with van der Waals surface area (Å²) in [5.74, 6) is 7.31. The lowest BCUT2D eigenvalue weighted by atomic mass is 10.1. The summed E-state index contributed by atoms with van der Waals surface area (Å²) < 4.78 is 5.41. The standard InChI is InChI=1S/C15H18N2O2S/c1-10-5-11(2)7-12(6-10)8-20-9-13-3-4-14(19-13)15(18)17-16/h3-7H,8-9,16H2,1-2H3,(H,17,18). The van der Waals surface area contributed by atoms with Gasteiger partial charge in [-0.15, -0.1) is 11.8 Å². The number of thioether (sulfide) groups is 1. The van der Waals surface area contributed by atoms with Gasteiger partial charge in [-0.1, -0.05) is 29.3 Å². The molecule has 4 nitrogen and oxygen atoms in total. The van der Waals surface area contributed by atoms with Crippen molar-refractivity contribution in [1.82, 2.24) is 5.43 Å². The molecule has 0 saturated carbocycles. The quantitative estimate of drug-likeness (QED) is 0.505. The normalized spacial score (nSPS) is 10.6. The van der Waals surface area contributed by atoms with Crippen molar-refractivity contribution in [3.63, 3.8) is 0 Å². The van der Waals surface area contributed by atoms with Crippen molar-refractivity contribution in [1.29, 1.82) is 0 Å². The van der Waals surface area contributed by atoms with Crippen LogP contribution in [-0.4, -0.2) is 5.91 Å². The average molecular weight is 290 g/mol. The van der Waals surface area contributed by atoms with Crippen LogP contribution in [0.25, 0.3) is 0 Å². The van der Waals surface area contributed by atoms with E-state index < -0.39 is 5.91 Å². The van der Waals surface area contributed by atoms with E-state index in [0.717, 1.165) is 17.3 Å². The lowest BCUT2D eigenvalue weighted by molar-refractivity contribution is 0.0924. The van der Waals surface area contributed by atoms with Gasteiger partial charge in [-0.2, -0.15) is 0 Å². The molecule has 0 radical (unpaired) electrons. The second kappa shape index (κ2) is 6.63. The van der Waals surface area contributed by atoms with E-state index in [1.165, 1.54) is 16.7 Å². The number of hydrazine groups is 1. The molecule has 0 aliphatic carbocycles. The molecule has 1 heterocycles. The second-order valence-electron chi connectivity index (χ2n) is 4.73. The van der Waals surface area contributed by atoms with Crippen molar-refractivity contribution in [3.05, 3.63) is 58.5 Å². The summed E-state index contributed by atoms with van der Waals surface area (Å²) in [5.41, 5.74) is 5.91. The third-order valence-electron chi connectivity index (χ3n) is 2.81. The predicted molar refractivity (Wildman–Crippen MR) is 81.3 cm³/mol. The fourth-order valence-corrected chi connectivity index (χ4v) is 2.93. The zero-order valence-electron chi connectivity index (χ0n) is 11.6. The molecule has 0 spiro atoms. The van der Waals surface area contributed by atoms with Gasteiger partial charge in [0.1, 0.15) is 5.76 Å². The van der Waals surface area contributed by atoms with E-state index in [1.54, 1.807) is 23.9 Å². The molecular formula is C15H18N2O2S. The number of amides is 1. The van der Waals surface area contributed by atoms with Crippen molar-refractivity contribution < 1.29 is 9.21 Å². The number of nitrogens with two attached hydrogens (primary N) is 1. The van der Waals surface area contributed by atoms with Gasteiger partial charge in [0.05, 0.1) is 5.75 Å².